The molecule has 240 valence electrons. The second kappa shape index (κ2) is 11.3. The highest BCUT2D eigenvalue weighted by Crippen LogP contribution is 2.58. The summed E-state index contributed by atoms with van der Waals surface area (Å²) in [5.41, 5.74) is 14.6. The Balaban J connectivity index is 1.12. The van der Waals surface area contributed by atoms with E-state index in [0.29, 0.717) is 0 Å². The van der Waals surface area contributed by atoms with Gasteiger partial charge in [0.2, 0.25) is 0 Å². The molecule has 0 heterocycles. The van der Waals surface area contributed by atoms with Gasteiger partial charge in [0.15, 0.2) is 0 Å². The molecule has 1 heteroatoms. The molecular weight excluding hydrogens is 567 g/mol. The molecule has 0 radical (unpaired) electrons. The third kappa shape index (κ3) is 4.78. The van der Waals surface area contributed by atoms with Gasteiger partial charge in [0.1, 0.15) is 0 Å². The minimum Gasteiger partial charge on any atom is -0.310 e. The van der Waals surface area contributed by atoms with Crippen molar-refractivity contribution in [3.63, 3.8) is 0 Å². The molecule has 0 aliphatic heterocycles. The third-order valence-corrected chi connectivity index (χ3v) is 13.6. The molecule has 4 aromatic rings. The van der Waals surface area contributed by atoms with Gasteiger partial charge in [-0.3, -0.25) is 0 Å². The first-order chi connectivity index (χ1) is 22.9. The maximum absolute atomic E-state index is 4.47. The van der Waals surface area contributed by atoms with Crippen LogP contribution in [0.5, 0.6) is 0 Å². The van der Waals surface area contributed by atoms with Crippen LogP contribution in [0.25, 0.3) is 11.1 Å². The number of nitrogens with zero attached hydrogens (tertiary/aromatic N) is 1. The van der Waals surface area contributed by atoms with Gasteiger partial charge in [0, 0.05) is 22.5 Å². The lowest BCUT2D eigenvalue weighted by Gasteiger charge is -2.40. The second-order valence-corrected chi connectivity index (χ2v) is 16.5. The Hall–Kier alpha value is -3.58. The van der Waals surface area contributed by atoms with Crippen LogP contribution in [0.2, 0.25) is 0 Å². The van der Waals surface area contributed by atoms with Crippen LogP contribution in [0, 0.1) is 17.8 Å². The highest BCUT2D eigenvalue weighted by Gasteiger charge is 2.45. The van der Waals surface area contributed by atoms with Crippen molar-refractivity contribution < 1.29 is 0 Å². The van der Waals surface area contributed by atoms with E-state index >= 15 is 0 Å². The Bertz CT molecular complexity index is 1800. The lowest BCUT2D eigenvalue weighted by atomic mass is 9.65. The Kier molecular flexibility index (Phi) is 7.08. The fourth-order valence-electron chi connectivity index (χ4n) is 11.4. The SMILES string of the molecule is C=C1CC(CC)CC(C)(c2ccc(N(c3ccc(C4CC5CCC4C5)cc3)c3ccc4c(c3)C3(CCCC3)c3ccccc3-4)cc2)C1. The molecule has 1 spiro atoms. The first-order valence-corrected chi connectivity index (χ1v) is 18.9. The standard InChI is InChI=1S/C46H51N/c1-4-32-25-31(2)29-45(3,30-32)36-15-19-38(20-16-36)47(37-17-13-34(14-18-37)42-27-33-11-12-35(42)26-33)39-21-22-41-40-9-5-6-10-43(40)46(44(41)28-39)23-7-8-24-46/h5-6,9-10,13-22,28,32-33,35,42H,2,4,7-8,11-12,23-27,29-30H2,1,3H3. The summed E-state index contributed by atoms with van der Waals surface area (Å²) in [7, 11) is 0. The predicted octanol–water partition coefficient (Wildman–Crippen LogP) is 12.9. The molecule has 0 amide bonds. The minimum absolute atomic E-state index is 0.163. The molecule has 9 rings (SSSR count). The summed E-state index contributed by atoms with van der Waals surface area (Å²) in [6, 6.07) is 36.0. The van der Waals surface area contributed by atoms with E-state index in [1.807, 2.05) is 0 Å². The fraction of sp³-hybridized carbons (Fsp3) is 0.435. The fourth-order valence-corrected chi connectivity index (χ4v) is 11.4. The number of hydrogen-bond donors (Lipinski definition) is 0. The average molecular weight is 618 g/mol. The minimum atomic E-state index is 0.163. The van der Waals surface area contributed by atoms with Gasteiger partial charge in [-0.2, -0.15) is 0 Å². The molecule has 4 saturated carbocycles. The Morgan fingerprint density at radius 1 is 0.766 bits per heavy atom. The number of allylic oxidation sites excluding steroid dienone is 1. The van der Waals surface area contributed by atoms with Crippen molar-refractivity contribution in [1.29, 1.82) is 0 Å². The predicted molar refractivity (Wildman–Crippen MR) is 198 cm³/mol. The summed E-state index contributed by atoms with van der Waals surface area (Å²) in [6.07, 6.45) is 15.7. The van der Waals surface area contributed by atoms with Crippen molar-refractivity contribution in [2.75, 3.05) is 4.90 Å². The van der Waals surface area contributed by atoms with Gasteiger partial charge in [0.05, 0.1) is 0 Å². The molecule has 5 unspecified atom stereocenters. The second-order valence-electron chi connectivity index (χ2n) is 16.5. The average Bonchev–Trinajstić information content (AvgIpc) is 3.91. The van der Waals surface area contributed by atoms with Crippen molar-refractivity contribution in [3.05, 3.63) is 125 Å². The van der Waals surface area contributed by atoms with Gasteiger partial charge in [-0.1, -0.05) is 106 Å². The zero-order chi connectivity index (χ0) is 31.8. The van der Waals surface area contributed by atoms with E-state index in [4.69, 9.17) is 0 Å². The zero-order valence-electron chi connectivity index (χ0n) is 28.6. The maximum atomic E-state index is 4.47. The quantitative estimate of drug-likeness (QED) is 0.195. The van der Waals surface area contributed by atoms with Crippen LogP contribution in [-0.4, -0.2) is 0 Å². The summed E-state index contributed by atoms with van der Waals surface area (Å²) in [4.78, 5) is 2.54. The van der Waals surface area contributed by atoms with Gasteiger partial charge in [0.25, 0.3) is 0 Å². The number of benzene rings is 4. The van der Waals surface area contributed by atoms with E-state index < -0.39 is 0 Å². The molecule has 0 saturated heterocycles. The number of hydrogen-bond acceptors (Lipinski definition) is 1. The lowest BCUT2D eigenvalue weighted by Crippen LogP contribution is -2.30. The van der Waals surface area contributed by atoms with Gasteiger partial charge in [-0.15, -0.1) is 0 Å². The molecule has 47 heavy (non-hydrogen) atoms. The highest BCUT2D eigenvalue weighted by atomic mass is 15.1. The van der Waals surface area contributed by atoms with Crippen molar-refractivity contribution in [2.24, 2.45) is 17.8 Å². The van der Waals surface area contributed by atoms with Crippen LogP contribution in [0.1, 0.15) is 119 Å². The Morgan fingerprint density at radius 3 is 2.17 bits per heavy atom. The van der Waals surface area contributed by atoms with E-state index in [9.17, 15) is 0 Å². The molecule has 4 fully saturated rings. The summed E-state index contributed by atoms with van der Waals surface area (Å²) in [6.45, 7) is 9.29. The van der Waals surface area contributed by atoms with Crippen LogP contribution in [-0.2, 0) is 10.8 Å². The Labute approximate surface area is 283 Å². The summed E-state index contributed by atoms with van der Waals surface area (Å²) < 4.78 is 0. The smallest absolute Gasteiger partial charge is 0.0465 e. The molecule has 4 aromatic carbocycles. The van der Waals surface area contributed by atoms with Crippen LogP contribution in [0.4, 0.5) is 17.1 Å². The highest BCUT2D eigenvalue weighted by molar-refractivity contribution is 5.86. The molecule has 0 aromatic heterocycles. The summed E-state index contributed by atoms with van der Waals surface area (Å²) in [5.74, 6) is 3.37. The number of rotatable bonds is 6. The first kappa shape index (κ1) is 29.6. The largest absolute Gasteiger partial charge is 0.310 e. The van der Waals surface area contributed by atoms with Crippen molar-refractivity contribution in [2.45, 2.75) is 108 Å². The molecule has 2 bridgehead atoms. The van der Waals surface area contributed by atoms with E-state index in [0.717, 1.165) is 30.1 Å². The summed E-state index contributed by atoms with van der Waals surface area (Å²) in [5, 5.41) is 0. The van der Waals surface area contributed by atoms with Crippen LogP contribution in [0.3, 0.4) is 0 Å². The van der Waals surface area contributed by atoms with Gasteiger partial charge >= 0.3 is 0 Å². The van der Waals surface area contributed by atoms with Gasteiger partial charge in [-0.05, 0) is 150 Å². The lowest BCUT2D eigenvalue weighted by molar-refractivity contribution is 0.281. The van der Waals surface area contributed by atoms with E-state index in [-0.39, 0.29) is 10.8 Å². The summed E-state index contributed by atoms with van der Waals surface area (Å²) >= 11 is 0. The van der Waals surface area contributed by atoms with Crippen LogP contribution < -0.4 is 4.90 Å². The third-order valence-electron chi connectivity index (χ3n) is 13.6. The zero-order valence-corrected chi connectivity index (χ0v) is 28.6. The molecule has 5 atom stereocenters. The molecule has 5 aliphatic carbocycles. The van der Waals surface area contributed by atoms with Gasteiger partial charge in [-0.25, -0.2) is 0 Å². The maximum Gasteiger partial charge on any atom is 0.0465 e. The van der Waals surface area contributed by atoms with E-state index in [2.05, 4.69) is 116 Å². The number of anilines is 3. The molecule has 5 aliphatic rings. The van der Waals surface area contributed by atoms with Crippen molar-refractivity contribution in [1.82, 2.24) is 0 Å². The number of fused-ring (bicyclic) bond motifs is 7. The monoisotopic (exact) mass is 617 g/mol. The van der Waals surface area contributed by atoms with Crippen LogP contribution in [0.15, 0.2) is 103 Å². The molecule has 1 nitrogen and oxygen atoms in total. The normalized spacial score (nSPS) is 28.5. The Morgan fingerprint density at radius 2 is 1.47 bits per heavy atom. The van der Waals surface area contributed by atoms with Crippen LogP contribution >= 0.6 is 0 Å². The van der Waals surface area contributed by atoms with E-state index in [1.54, 1.807) is 16.7 Å². The van der Waals surface area contributed by atoms with Crippen molar-refractivity contribution >= 4 is 17.1 Å². The molecule has 0 N–H and O–H groups in total. The topological polar surface area (TPSA) is 3.24 Å². The van der Waals surface area contributed by atoms with E-state index in [1.165, 1.54) is 110 Å². The van der Waals surface area contributed by atoms with Crippen molar-refractivity contribution in [3.8, 4) is 11.1 Å². The first-order valence-electron chi connectivity index (χ1n) is 18.9. The van der Waals surface area contributed by atoms with Gasteiger partial charge < -0.3 is 4.90 Å². The molecular formula is C46H51N.